The number of rotatable bonds is 1. The van der Waals surface area contributed by atoms with Gasteiger partial charge in [-0.25, -0.2) is 8.78 Å². The quantitative estimate of drug-likeness (QED) is 0.739. The van der Waals surface area contributed by atoms with E-state index in [0.717, 1.165) is 44.0 Å². The minimum atomic E-state index is -0.713. The molecule has 1 aromatic rings. The van der Waals surface area contributed by atoms with Gasteiger partial charge in [-0.15, -0.1) is 0 Å². The van der Waals surface area contributed by atoms with Gasteiger partial charge in [0.15, 0.2) is 5.11 Å². The number of nitrogens with zero attached hydrogens (tertiary/aromatic N) is 2. The van der Waals surface area contributed by atoms with Gasteiger partial charge in [-0.05, 0) is 43.6 Å². The van der Waals surface area contributed by atoms with Crippen molar-refractivity contribution in [2.45, 2.75) is 25.3 Å². The zero-order valence-electron chi connectivity index (χ0n) is 10.1. The Hall–Kier alpha value is -1.56. The third-order valence-corrected chi connectivity index (χ3v) is 3.97. The number of fused-ring (bicyclic) bond motifs is 1. The zero-order valence-corrected chi connectivity index (χ0v) is 10.9. The second-order valence-corrected chi connectivity index (χ2v) is 5.15. The Labute approximate surface area is 114 Å². The van der Waals surface area contributed by atoms with E-state index in [2.05, 4.69) is 0 Å². The van der Waals surface area contributed by atoms with Gasteiger partial charge in [0, 0.05) is 12.6 Å². The first kappa shape index (κ1) is 12.5. The lowest BCUT2D eigenvalue weighted by molar-refractivity contribution is -0.120. The van der Waals surface area contributed by atoms with Crippen LogP contribution >= 0.6 is 12.2 Å². The SMILES string of the molecule is O=C1[C@H]2CCCCN2C(=S)N1c1cc(F)cc(F)c1. The number of hydrogen-bond acceptors (Lipinski definition) is 2. The van der Waals surface area contributed by atoms with Gasteiger partial charge >= 0.3 is 0 Å². The number of carbonyl (C=O) groups excluding carboxylic acids is 1. The van der Waals surface area contributed by atoms with Crippen LogP contribution in [0, 0.1) is 11.6 Å². The number of piperidine rings is 1. The molecule has 2 aliphatic rings. The molecule has 0 spiro atoms. The van der Waals surface area contributed by atoms with Crippen molar-refractivity contribution in [3.8, 4) is 0 Å². The first-order valence-corrected chi connectivity index (χ1v) is 6.59. The average molecular weight is 282 g/mol. The van der Waals surface area contributed by atoms with Gasteiger partial charge in [-0.1, -0.05) is 0 Å². The molecule has 1 atom stereocenters. The third-order valence-electron chi connectivity index (χ3n) is 3.55. The normalized spacial score (nSPS) is 22.9. The molecule has 0 bridgehead atoms. The number of carbonyl (C=O) groups is 1. The largest absolute Gasteiger partial charge is 0.336 e. The maximum Gasteiger partial charge on any atom is 0.256 e. The zero-order chi connectivity index (χ0) is 13.6. The van der Waals surface area contributed by atoms with Gasteiger partial charge in [-0.2, -0.15) is 0 Å². The van der Waals surface area contributed by atoms with E-state index in [0.29, 0.717) is 5.11 Å². The van der Waals surface area contributed by atoms with Gasteiger partial charge in [-0.3, -0.25) is 9.69 Å². The Morgan fingerprint density at radius 1 is 1.16 bits per heavy atom. The maximum atomic E-state index is 13.3. The predicted octanol–water partition coefficient (Wildman–Crippen LogP) is 2.45. The fourth-order valence-electron chi connectivity index (χ4n) is 2.70. The molecule has 19 heavy (non-hydrogen) atoms. The summed E-state index contributed by atoms with van der Waals surface area (Å²) < 4.78 is 26.5. The van der Waals surface area contributed by atoms with Gasteiger partial charge in [0.25, 0.3) is 5.91 Å². The molecule has 2 aliphatic heterocycles. The molecular weight excluding hydrogens is 270 g/mol. The van der Waals surface area contributed by atoms with E-state index in [1.54, 1.807) is 0 Å². The summed E-state index contributed by atoms with van der Waals surface area (Å²) in [5.41, 5.74) is 0.168. The van der Waals surface area contributed by atoms with E-state index in [9.17, 15) is 13.6 Å². The van der Waals surface area contributed by atoms with E-state index >= 15 is 0 Å². The molecule has 6 heteroatoms. The van der Waals surface area contributed by atoms with Crippen LogP contribution in [-0.4, -0.2) is 28.5 Å². The maximum absolute atomic E-state index is 13.3. The number of amides is 1. The summed E-state index contributed by atoms with van der Waals surface area (Å²) in [5.74, 6) is -1.61. The smallest absolute Gasteiger partial charge is 0.256 e. The summed E-state index contributed by atoms with van der Waals surface area (Å²) in [6.07, 6.45) is 2.70. The molecule has 0 radical (unpaired) electrons. The highest BCUT2D eigenvalue weighted by Crippen LogP contribution is 2.31. The second-order valence-electron chi connectivity index (χ2n) is 4.79. The standard InChI is InChI=1S/C13H12F2N2OS/c14-8-5-9(15)7-10(6-8)17-12(18)11-3-1-2-4-16(11)13(17)19/h5-7,11H,1-4H2/t11-/m1/s1. The van der Waals surface area contributed by atoms with Crippen molar-refractivity contribution in [3.05, 3.63) is 29.8 Å². The van der Waals surface area contributed by atoms with Crippen LogP contribution in [0.3, 0.4) is 0 Å². The molecule has 2 heterocycles. The van der Waals surface area contributed by atoms with Crippen molar-refractivity contribution in [1.29, 1.82) is 0 Å². The summed E-state index contributed by atoms with van der Waals surface area (Å²) in [6, 6.07) is 2.77. The van der Waals surface area contributed by atoms with Crippen molar-refractivity contribution in [3.63, 3.8) is 0 Å². The number of benzene rings is 1. The highest BCUT2D eigenvalue weighted by molar-refractivity contribution is 7.80. The summed E-state index contributed by atoms with van der Waals surface area (Å²) in [5, 5.41) is 0.347. The monoisotopic (exact) mass is 282 g/mol. The van der Waals surface area contributed by atoms with Crippen LogP contribution in [0.5, 0.6) is 0 Å². The van der Waals surface area contributed by atoms with Crippen molar-refractivity contribution >= 4 is 28.9 Å². The highest BCUT2D eigenvalue weighted by Gasteiger charge is 2.44. The minimum Gasteiger partial charge on any atom is -0.336 e. The minimum absolute atomic E-state index is 0.168. The first-order valence-electron chi connectivity index (χ1n) is 6.18. The molecule has 1 aromatic carbocycles. The number of anilines is 1. The molecule has 100 valence electrons. The van der Waals surface area contributed by atoms with Gasteiger partial charge in [0.05, 0.1) is 5.69 Å². The molecule has 0 saturated carbocycles. The molecule has 3 rings (SSSR count). The first-order chi connectivity index (χ1) is 9.08. The van der Waals surface area contributed by atoms with Crippen LogP contribution in [-0.2, 0) is 4.79 Å². The topological polar surface area (TPSA) is 23.6 Å². The van der Waals surface area contributed by atoms with Crippen molar-refractivity contribution in [1.82, 2.24) is 4.90 Å². The van der Waals surface area contributed by atoms with E-state index in [1.807, 2.05) is 4.90 Å². The average Bonchev–Trinajstić information content (AvgIpc) is 2.61. The molecule has 0 N–H and O–H groups in total. The Bertz CT molecular complexity index is 519. The Balaban J connectivity index is 2.00. The van der Waals surface area contributed by atoms with Crippen LogP contribution < -0.4 is 4.90 Å². The van der Waals surface area contributed by atoms with Crippen LogP contribution in [0.25, 0.3) is 0 Å². The third kappa shape index (κ3) is 2.00. The van der Waals surface area contributed by atoms with E-state index < -0.39 is 11.6 Å². The van der Waals surface area contributed by atoms with Crippen LogP contribution in [0.4, 0.5) is 14.5 Å². The molecule has 0 aliphatic carbocycles. The lowest BCUT2D eigenvalue weighted by atomic mass is 10.0. The summed E-state index contributed by atoms with van der Waals surface area (Å²) in [7, 11) is 0. The van der Waals surface area contributed by atoms with E-state index in [1.165, 1.54) is 4.90 Å². The lowest BCUT2D eigenvalue weighted by Gasteiger charge is -2.27. The molecule has 1 amide bonds. The van der Waals surface area contributed by atoms with Crippen LogP contribution in [0.1, 0.15) is 19.3 Å². The Morgan fingerprint density at radius 2 is 1.84 bits per heavy atom. The molecule has 3 nitrogen and oxygen atoms in total. The molecule has 2 saturated heterocycles. The summed E-state index contributed by atoms with van der Waals surface area (Å²) >= 11 is 5.27. The Morgan fingerprint density at radius 3 is 2.47 bits per heavy atom. The fourth-order valence-corrected chi connectivity index (χ4v) is 3.11. The number of hydrogen-bond donors (Lipinski definition) is 0. The van der Waals surface area contributed by atoms with Crippen LogP contribution in [0.2, 0.25) is 0 Å². The molecule has 0 aromatic heterocycles. The molecule has 0 unspecified atom stereocenters. The van der Waals surface area contributed by atoms with E-state index in [4.69, 9.17) is 12.2 Å². The lowest BCUT2D eigenvalue weighted by Crippen LogP contribution is -2.38. The Kier molecular flexibility index (Phi) is 2.97. The summed E-state index contributed by atoms with van der Waals surface area (Å²) in [4.78, 5) is 15.4. The number of thiocarbonyl (C=S) groups is 1. The fraction of sp³-hybridized carbons (Fsp3) is 0.385. The van der Waals surface area contributed by atoms with Crippen molar-refractivity contribution < 1.29 is 13.6 Å². The van der Waals surface area contributed by atoms with Crippen molar-refractivity contribution in [2.24, 2.45) is 0 Å². The van der Waals surface area contributed by atoms with Crippen LogP contribution in [0.15, 0.2) is 18.2 Å². The second kappa shape index (κ2) is 4.52. The van der Waals surface area contributed by atoms with E-state index in [-0.39, 0.29) is 17.6 Å². The van der Waals surface area contributed by atoms with Gasteiger partial charge in [0.1, 0.15) is 17.7 Å². The summed E-state index contributed by atoms with van der Waals surface area (Å²) in [6.45, 7) is 0.726. The highest BCUT2D eigenvalue weighted by atomic mass is 32.1. The predicted molar refractivity (Wildman–Crippen MR) is 70.8 cm³/mol. The molecular formula is C13H12F2N2OS. The van der Waals surface area contributed by atoms with Gasteiger partial charge in [0.2, 0.25) is 0 Å². The molecule has 2 fully saturated rings. The van der Waals surface area contributed by atoms with Gasteiger partial charge < -0.3 is 4.90 Å². The van der Waals surface area contributed by atoms with Crippen molar-refractivity contribution in [2.75, 3.05) is 11.4 Å². The number of halogens is 2.